The molecule has 1 aromatic heterocycles. The molecule has 2 aromatic carbocycles. The van der Waals surface area contributed by atoms with Gasteiger partial charge in [0.25, 0.3) is 0 Å². The van der Waals surface area contributed by atoms with Crippen molar-refractivity contribution < 1.29 is 4.74 Å². The molecule has 3 aromatic rings. The van der Waals surface area contributed by atoms with Crippen LogP contribution in [0.15, 0.2) is 54.6 Å². The molecule has 0 amide bonds. The zero-order chi connectivity index (χ0) is 11.5. The summed E-state index contributed by atoms with van der Waals surface area (Å²) >= 11 is 0. The molecule has 0 aliphatic heterocycles. The van der Waals surface area contributed by atoms with Gasteiger partial charge in [0.15, 0.2) is 6.73 Å². The van der Waals surface area contributed by atoms with Crippen molar-refractivity contribution in [2.75, 3.05) is 0 Å². The number of hydrogen-bond donors (Lipinski definition) is 0. The molecule has 0 spiro atoms. The summed E-state index contributed by atoms with van der Waals surface area (Å²) < 4.78 is 7.36. The van der Waals surface area contributed by atoms with Gasteiger partial charge in [-0.15, -0.1) is 5.10 Å². The minimum absolute atomic E-state index is 0.366. The Hall–Kier alpha value is -2.36. The van der Waals surface area contributed by atoms with Crippen LogP contribution in [0.3, 0.4) is 0 Å². The van der Waals surface area contributed by atoms with Crippen LogP contribution in [0, 0.1) is 0 Å². The molecular formula is C13H11N3O. The van der Waals surface area contributed by atoms with E-state index < -0.39 is 0 Å². The lowest BCUT2D eigenvalue weighted by Gasteiger charge is -2.05. The third-order valence-corrected chi connectivity index (χ3v) is 2.52. The molecule has 84 valence electrons. The molecule has 0 atom stereocenters. The van der Waals surface area contributed by atoms with Crippen LogP contribution in [0.5, 0.6) is 5.75 Å². The standard InChI is InChI=1S/C13H11N3O/c1-2-6-11(7-3-1)17-10-16-13-9-5-4-8-12(13)14-15-16/h1-9H,10H2. The maximum Gasteiger partial charge on any atom is 0.183 e. The van der Waals surface area contributed by atoms with Crippen LogP contribution in [-0.4, -0.2) is 15.0 Å². The van der Waals surface area contributed by atoms with Gasteiger partial charge in [-0.1, -0.05) is 35.5 Å². The number of benzene rings is 2. The third kappa shape index (κ3) is 1.97. The minimum atomic E-state index is 0.366. The molecule has 0 aliphatic carbocycles. The first-order chi connectivity index (χ1) is 8.43. The number of nitrogens with zero attached hydrogens (tertiary/aromatic N) is 3. The number of aromatic nitrogens is 3. The summed E-state index contributed by atoms with van der Waals surface area (Å²) in [6.07, 6.45) is 0. The van der Waals surface area contributed by atoms with Crippen molar-refractivity contribution in [3.63, 3.8) is 0 Å². The first-order valence-electron chi connectivity index (χ1n) is 5.39. The van der Waals surface area contributed by atoms with Gasteiger partial charge in [-0.3, -0.25) is 0 Å². The van der Waals surface area contributed by atoms with E-state index in [2.05, 4.69) is 10.3 Å². The summed E-state index contributed by atoms with van der Waals surface area (Å²) in [5.41, 5.74) is 1.85. The lowest BCUT2D eigenvalue weighted by atomic mass is 10.3. The van der Waals surface area contributed by atoms with Gasteiger partial charge >= 0.3 is 0 Å². The number of rotatable bonds is 3. The van der Waals surface area contributed by atoms with Crippen molar-refractivity contribution in [3.05, 3.63) is 54.6 Å². The molecule has 0 saturated heterocycles. The fourth-order valence-electron chi connectivity index (χ4n) is 1.67. The highest BCUT2D eigenvalue weighted by Crippen LogP contribution is 2.12. The molecule has 0 bridgehead atoms. The van der Waals surface area contributed by atoms with E-state index in [9.17, 15) is 0 Å². The SMILES string of the molecule is c1ccc(OCn2nnc3ccccc32)cc1. The zero-order valence-electron chi connectivity index (χ0n) is 9.15. The Morgan fingerprint density at radius 2 is 1.71 bits per heavy atom. The van der Waals surface area contributed by atoms with Gasteiger partial charge < -0.3 is 4.74 Å². The van der Waals surface area contributed by atoms with Crippen LogP contribution in [0.1, 0.15) is 0 Å². The Bertz CT molecular complexity index is 619. The Kier molecular flexibility index (Phi) is 2.46. The zero-order valence-corrected chi connectivity index (χ0v) is 9.15. The molecule has 0 N–H and O–H groups in total. The van der Waals surface area contributed by atoms with E-state index in [1.807, 2.05) is 54.6 Å². The van der Waals surface area contributed by atoms with Crippen LogP contribution in [0.2, 0.25) is 0 Å². The monoisotopic (exact) mass is 225 g/mol. The van der Waals surface area contributed by atoms with Crippen molar-refractivity contribution in [1.82, 2.24) is 15.0 Å². The number of para-hydroxylation sites is 2. The fourth-order valence-corrected chi connectivity index (χ4v) is 1.67. The van der Waals surface area contributed by atoms with E-state index in [0.29, 0.717) is 6.73 Å². The van der Waals surface area contributed by atoms with Crippen molar-refractivity contribution in [3.8, 4) is 5.75 Å². The predicted molar refractivity (Wildman–Crippen MR) is 64.6 cm³/mol. The number of ether oxygens (including phenoxy) is 1. The predicted octanol–water partition coefficient (Wildman–Crippen LogP) is 2.47. The second kappa shape index (κ2) is 4.25. The summed E-state index contributed by atoms with van der Waals surface area (Å²) in [7, 11) is 0. The van der Waals surface area contributed by atoms with Crippen LogP contribution < -0.4 is 4.74 Å². The summed E-state index contributed by atoms with van der Waals surface area (Å²) in [5.74, 6) is 0.826. The largest absolute Gasteiger partial charge is 0.471 e. The Morgan fingerprint density at radius 3 is 2.59 bits per heavy atom. The molecule has 1 heterocycles. The average Bonchev–Trinajstić information content (AvgIpc) is 2.81. The molecule has 3 rings (SSSR count). The Morgan fingerprint density at radius 1 is 0.941 bits per heavy atom. The first kappa shape index (κ1) is 9.84. The van der Waals surface area contributed by atoms with Crippen LogP contribution in [-0.2, 0) is 6.73 Å². The highest BCUT2D eigenvalue weighted by Gasteiger charge is 2.02. The molecule has 4 nitrogen and oxygen atoms in total. The molecule has 0 radical (unpaired) electrons. The van der Waals surface area contributed by atoms with Crippen LogP contribution in [0.4, 0.5) is 0 Å². The molecule has 0 saturated carbocycles. The topological polar surface area (TPSA) is 39.9 Å². The molecule has 0 aliphatic rings. The summed E-state index contributed by atoms with van der Waals surface area (Å²) in [6, 6.07) is 17.5. The average molecular weight is 225 g/mol. The van der Waals surface area contributed by atoms with E-state index in [4.69, 9.17) is 4.74 Å². The fraction of sp³-hybridized carbons (Fsp3) is 0.0769. The molecule has 0 fully saturated rings. The van der Waals surface area contributed by atoms with Crippen molar-refractivity contribution >= 4 is 11.0 Å². The van der Waals surface area contributed by atoms with Gasteiger partial charge in [0.1, 0.15) is 11.3 Å². The van der Waals surface area contributed by atoms with Crippen LogP contribution >= 0.6 is 0 Å². The lowest BCUT2D eigenvalue weighted by molar-refractivity contribution is 0.223. The normalized spacial score (nSPS) is 10.6. The van der Waals surface area contributed by atoms with E-state index in [1.54, 1.807) is 4.68 Å². The van der Waals surface area contributed by atoms with Gasteiger partial charge in [0, 0.05) is 0 Å². The smallest absolute Gasteiger partial charge is 0.183 e. The van der Waals surface area contributed by atoms with E-state index >= 15 is 0 Å². The van der Waals surface area contributed by atoms with Gasteiger partial charge in [-0.2, -0.15) is 0 Å². The lowest BCUT2D eigenvalue weighted by Crippen LogP contribution is -2.06. The highest BCUT2D eigenvalue weighted by molar-refractivity contribution is 5.73. The summed E-state index contributed by atoms with van der Waals surface area (Å²) in [5, 5.41) is 8.12. The molecule has 0 unspecified atom stereocenters. The van der Waals surface area contributed by atoms with Gasteiger partial charge in [-0.05, 0) is 24.3 Å². The second-order valence-electron chi connectivity index (χ2n) is 3.66. The maximum atomic E-state index is 5.62. The third-order valence-electron chi connectivity index (χ3n) is 2.52. The van der Waals surface area contributed by atoms with Gasteiger partial charge in [0.05, 0.1) is 5.52 Å². The van der Waals surface area contributed by atoms with E-state index in [1.165, 1.54) is 0 Å². The maximum absolute atomic E-state index is 5.62. The van der Waals surface area contributed by atoms with Crippen molar-refractivity contribution in [1.29, 1.82) is 0 Å². The van der Waals surface area contributed by atoms with Crippen molar-refractivity contribution in [2.45, 2.75) is 6.73 Å². The highest BCUT2D eigenvalue weighted by atomic mass is 16.5. The molecule has 17 heavy (non-hydrogen) atoms. The first-order valence-corrected chi connectivity index (χ1v) is 5.39. The Labute approximate surface area is 98.4 Å². The van der Waals surface area contributed by atoms with E-state index in [-0.39, 0.29) is 0 Å². The quantitative estimate of drug-likeness (QED) is 0.687. The van der Waals surface area contributed by atoms with E-state index in [0.717, 1.165) is 16.8 Å². The number of hydrogen-bond acceptors (Lipinski definition) is 3. The minimum Gasteiger partial charge on any atom is -0.471 e. The molecule has 4 heteroatoms. The number of fused-ring (bicyclic) bond motifs is 1. The summed E-state index contributed by atoms with van der Waals surface area (Å²) in [4.78, 5) is 0. The second-order valence-corrected chi connectivity index (χ2v) is 3.66. The van der Waals surface area contributed by atoms with Gasteiger partial charge in [0.2, 0.25) is 0 Å². The molecular weight excluding hydrogens is 214 g/mol. The van der Waals surface area contributed by atoms with Gasteiger partial charge in [-0.25, -0.2) is 4.68 Å². The van der Waals surface area contributed by atoms with Crippen LogP contribution in [0.25, 0.3) is 11.0 Å². The van der Waals surface area contributed by atoms with Crippen molar-refractivity contribution in [2.24, 2.45) is 0 Å². The Balaban J connectivity index is 1.82. The summed E-state index contributed by atoms with van der Waals surface area (Å²) in [6.45, 7) is 0.366.